The van der Waals surface area contributed by atoms with Crippen LogP contribution in [0.1, 0.15) is 66.8 Å². The van der Waals surface area contributed by atoms with E-state index in [1.165, 1.54) is 67.0 Å². The lowest BCUT2D eigenvalue weighted by atomic mass is 9.96. The van der Waals surface area contributed by atoms with Gasteiger partial charge in [0.05, 0.1) is 0 Å². The highest BCUT2D eigenvalue weighted by molar-refractivity contribution is 5.84. The number of benzene rings is 7. The SMILES string of the molecule is Cc1cc(N(c2ccccc2)c2ccc(/C=C/c3ccccc3/C=C/c3ccc(N(c4ccccc4)c4cc(C)c(C)c(C)c4C)cc3)cc2)c(C)c(C)c1C. The Kier molecular flexibility index (Phi) is 11.2. The first-order chi connectivity index (χ1) is 27.1. The molecule has 0 heterocycles. The second-order valence-electron chi connectivity index (χ2n) is 15.0. The Balaban J connectivity index is 1.13. The zero-order valence-electron chi connectivity index (χ0n) is 34.1. The first kappa shape index (κ1) is 37.9. The molecule has 0 fully saturated rings. The molecule has 0 radical (unpaired) electrons. The predicted octanol–water partition coefficient (Wildman–Crippen LogP) is 15.4. The summed E-state index contributed by atoms with van der Waals surface area (Å²) in [6, 6.07) is 52.3. The van der Waals surface area contributed by atoms with Gasteiger partial charge in [0.1, 0.15) is 0 Å². The molecule has 7 aromatic carbocycles. The summed E-state index contributed by atoms with van der Waals surface area (Å²) in [7, 11) is 0. The Hall–Kier alpha value is -6.38. The van der Waals surface area contributed by atoms with Gasteiger partial charge in [-0.1, -0.05) is 109 Å². The summed E-state index contributed by atoms with van der Waals surface area (Å²) in [5, 5.41) is 0. The van der Waals surface area contributed by atoms with Crippen molar-refractivity contribution >= 4 is 58.4 Å². The highest BCUT2D eigenvalue weighted by atomic mass is 15.1. The Bertz CT molecular complexity index is 2340. The van der Waals surface area contributed by atoms with Gasteiger partial charge in [0.2, 0.25) is 0 Å². The number of anilines is 6. The fourth-order valence-corrected chi connectivity index (χ4v) is 7.51. The summed E-state index contributed by atoms with van der Waals surface area (Å²) in [6.07, 6.45) is 8.85. The van der Waals surface area contributed by atoms with Gasteiger partial charge in [0, 0.05) is 34.1 Å². The van der Waals surface area contributed by atoms with Crippen LogP contribution in [0.4, 0.5) is 34.1 Å². The van der Waals surface area contributed by atoms with Crippen LogP contribution in [-0.4, -0.2) is 0 Å². The molecular formula is C54H52N2. The van der Waals surface area contributed by atoms with E-state index < -0.39 is 0 Å². The first-order valence-electron chi connectivity index (χ1n) is 19.6. The van der Waals surface area contributed by atoms with Crippen molar-refractivity contribution in [3.05, 3.63) is 212 Å². The van der Waals surface area contributed by atoms with E-state index in [4.69, 9.17) is 0 Å². The first-order valence-corrected chi connectivity index (χ1v) is 19.6. The third-order valence-electron chi connectivity index (χ3n) is 11.6. The van der Waals surface area contributed by atoms with Crippen LogP contribution in [0.2, 0.25) is 0 Å². The van der Waals surface area contributed by atoms with Gasteiger partial charge in [-0.3, -0.25) is 0 Å². The van der Waals surface area contributed by atoms with Gasteiger partial charge < -0.3 is 9.80 Å². The van der Waals surface area contributed by atoms with Gasteiger partial charge in [-0.25, -0.2) is 0 Å². The van der Waals surface area contributed by atoms with E-state index in [0.717, 1.165) is 33.9 Å². The van der Waals surface area contributed by atoms with Crippen molar-refractivity contribution in [2.45, 2.75) is 55.4 Å². The lowest BCUT2D eigenvalue weighted by Crippen LogP contribution is -2.12. The predicted molar refractivity (Wildman–Crippen MR) is 244 cm³/mol. The summed E-state index contributed by atoms with van der Waals surface area (Å²) in [6.45, 7) is 17.8. The van der Waals surface area contributed by atoms with Crippen LogP contribution >= 0.6 is 0 Å². The van der Waals surface area contributed by atoms with Gasteiger partial charge >= 0.3 is 0 Å². The minimum atomic E-state index is 1.14. The molecule has 278 valence electrons. The quantitative estimate of drug-likeness (QED) is 0.129. The molecule has 0 spiro atoms. The van der Waals surface area contributed by atoms with Crippen molar-refractivity contribution < 1.29 is 0 Å². The monoisotopic (exact) mass is 728 g/mol. The third-order valence-corrected chi connectivity index (χ3v) is 11.6. The largest absolute Gasteiger partial charge is 0.310 e. The van der Waals surface area contributed by atoms with E-state index in [1.54, 1.807) is 0 Å². The number of para-hydroxylation sites is 2. The Labute approximate surface area is 334 Å². The molecule has 0 aliphatic heterocycles. The number of hydrogen-bond acceptors (Lipinski definition) is 2. The highest BCUT2D eigenvalue weighted by Crippen LogP contribution is 2.41. The molecule has 56 heavy (non-hydrogen) atoms. The maximum atomic E-state index is 2.37. The van der Waals surface area contributed by atoms with Crippen LogP contribution in [0.3, 0.4) is 0 Å². The number of hydrogen-bond donors (Lipinski definition) is 0. The molecule has 0 amide bonds. The third kappa shape index (κ3) is 7.88. The zero-order valence-corrected chi connectivity index (χ0v) is 34.1. The van der Waals surface area contributed by atoms with Crippen molar-refractivity contribution in [3.63, 3.8) is 0 Å². The molecule has 0 aliphatic carbocycles. The van der Waals surface area contributed by atoms with Crippen LogP contribution in [0.15, 0.2) is 146 Å². The van der Waals surface area contributed by atoms with E-state index in [0.29, 0.717) is 0 Å². The molecule has 0 N–H and O–H groups in total. The maximum Gasteiger partial charge on any atom is 0.0496 e. The Morgan fingerprint density at radius 2 is 0.625 bits per heavy atom. The van der Waals surface area contributed by atoms with Gasteiger partial charge in [-0.15, -0.1) is 0 Å². The molecule has 7 rings (SSSR count). The number of rotatable bonds is 10. The molecule has 0 saturated heterocycles. The molecule has 2 nitrogen and oxygen atoms in total. The van der Waals surface area contributed by atoms with Crippen molar-refractivity contribution in [3.8, 4) is 0 Å². The van der Waals surface area contributed by atoms with E-state index in [-0.39, 0.29) is 0 Å². The minimum absolute atomic E-state index is 1.14. The van der Waals surface area contributed by atoms with Crippen LogP contribution in [0.5, 0.6) is 0 Å². The fraction of sp³-hybridized carbons (Fsp3) is 0.148. The average Bonchev–Trinajstić information content (AvgIpc) is 3.23. The van der Waals surface area contributed by atoms with E-state index in [9.17, 15) is 0 Å². The normalized spacial score (nSPS) is 11.4. The molecular weight excluding hydrogens is 677 g/mol. The van der Waals surface area contributed by atoms with E-state index >= 15 is 0 Å². The Morgan fingerprint density at radius 3 is 0.982 bits per heavy atom. The summed E-state index contributed by atoms with van der Waals surface area (Å²) in [4.78, 5) is 4.75. The van der Waals surface area contributed by atoms with Crippen molar-refractivity contribution in [1.82, 2.24) is 0 Å². The molecule has 2 heteroatoms. The van der Waals surface area contributed by atoms with Gasteiger partial charge in [-0.2, -0.15) is 0 Å². The van der Waals surface area contributed by atoms with Crippen LogP contribution in [0.25, 0.3) is 24.3 Å². The molecule has 0 saturated carbocycles. The number of nitrogens with zero attached hydrogens (tertiary/aromatic N) is 2. The molecule has 0 bridgehead atoms. The zero-order chi connectivity index (χ0) is 39.3. The lowest BCUT2D eigenvalue weighted by molar-refractivity contribution is 1.17. The Morgan fingerprint density at radius 1 is 0.304 bits per heavy atom. The summed E-state index contributed by atoms with van der Waals surface area (Å²) < 4.78 is 0. The molecule has 0 aromatic heterocycles. The fourth-order valence-electron chi connectivity index (χ4n) is 7.51. The topological polar surface area (TPSA) is 6.48 Å². The van der Waals surface area contributed by atoms with Crippen molar-refractivity contribution in [2.24, 2.45) is 0 Å². The second-order valence-corrected chi connectivity index (χ2v) is 15.0. The van der Waals surface area contributed by atoms with Crippen LogP contribution < -0.4 is 9.80 Å². The maximum absolute atomic E-state index is 2.37. The van der Waals surface area contributed by atoms with Crippen molar-refractivity contribution in [1.29, 1.82) is 0 Å². The second kappa shape index (κ2) is 16.6. The van der Waals surface area contributed by atoms with Crippen LogP contribution in [-0.2, 0) is 0 Å². The highest BCUT2D eigenvalue weighted by Gasteiger charge is 2.19. The summed E-state index contributed by atoms with van der Waals surface area (Å²) in [5.41, 5.74) is 22.3. The minimum Gasteiger partial charge on any atom is -0.310 e. The van der Waals surface area contributed by atoms with E-state index in [2.05, 4.69) is 235 Å². The molecule has 0 unspecified atom stereocenters. The summed E-state index contributed by atoms with van der Waals surface area (Å²) >= 11 is 0. The van der Waals surface area contributed by atoms with Gasteiger partial charge in [-0.05, 0) is 183 Å². The molecule has 7 aromatic rings. The summed E-state index contributed by atoms with van der Waals surface area (Å²) in [5.74, 6) is 0. The van der Waals surface area contributed by atoms with Crippen LogP contribution in [0, 0.1) is 55.4 Å². The standard InChI is InChI=1S/C54H52N2/c1-37-35-53(43(7)41(5)39(37)3)55(49-19-11-9-12-20-49)51-31-25-45(26-32-51)23-29-47-17-15-16-18-48(47)30-24-46-27-33-52(34-28-46)56(50-21-13-10-14-22-50)54-36-38(2)40(4)42(6)44(54)8/h9-36H,1-8H3/b29-23+,30-24+. The number of aryl methyl sites for hydroxylation is 2. The molecule has 0 atom stereocenters. The smallest absolute Gasteiger partial charge is 0.0496 e. The van der Waals surface area contributed by atoms with Gasteiger partial charge in [0.25, 0.3) is 0 Å². The van der Waals surface area contributed by atoms with Gasteiger partial charge in [0.15, 0.2) is 0 Å². The van der Waals surface area contributed by atoms with Crippen molar-refractivity contribution in [2.75, 3.05) is 9.80 Å². The molecule has 0 aliphatic rings. The average molecular weight is 729 g/mol. The lowest BCUT2D eigenvalue weighted by Gasteiger charge is -2.29. The van der Waals surface area contributed by atoms with E-state index in [1.807, 2.05) is 0 Å².